The van der Waals surface area contributed by atoms with E-state index in [1.807, 2.05) is 0 Å². The Labute approximate surface area is 135 Å². The van der Waals surface area contributed by atoms with E-state index in [-0.39, 0.29) is 17.3 Å². The molecular formula is C17H22FN3O2. The molecule has 1 spiro atoms. The fraction of sp³-hybridized carbons (Fsp3) is 0.529. The standard InChI is InChI=1S/C17H22FN3O2/c1-12(2)21-8-7-17(11-21)9-15(20-23-17)16(22)19-10-13-3-5-14(18)6-4-13/h3-6,12H,7-11H2,1-2H3,(H,19,22). The number of hydrogen-bond acceptors (Lipinski definition) is 4. The Kier molecular flexibility index (Phi) is 4.35. The largest absolute Gasteiger partial charge is 0.387 e. The zero-order chi connectivity index (χ0) is 16.4. The van der Waals surface area contributed by atoms with Crippen LogP contribution in [0.25, 0.3) is 0 Å². The van der Waals surface area contributed by atoms with Crippen LogP contribution in [0.5, 0.6) is 0 Å². The van der Waals surface area contributed by atoms with Crippen molar-refractivity contribution in [2.45, 2.75) is 44.9 Å². The molecule has 1 fully saturated rings. The van der Waals surface area contributed by atoms with Crippen molar-refractivity contribution in [2.24, 2.45) is 5.16 Å². The summed E-state index contributed by atoms with van der Waals surface area (Å²) in [7, 11) is 0. The van der Waals surface area contributed by atoms with Gasteiger partial charge in [0, 0.05) is 38.5 Å². The molecule has 0 aliphatic carbocycles. The Balaban J connectivity index is 1.52. The van der Waals surface area contributed by atoms with Crippen LogP contribution >= 0.6 is 0 Å². The van der Waals surface area contributed by atoms with Crippen molar-refractivity contribution < 1.29 is 14.0 Å². The topological polar surface area (TPSA) is 53.9 Å². The molecular weight excluding hydrogens is 297 g/mol. The maximum Gasteiger partial charge on any atom is 0.269 e. The van der Waals surface area contributed by atoms with Crippen LogP contribution in [0.15, 0.2) is 29.4 Å². The number of rotatable bonds is 4. The molecule has 0 radical (unpaired) electrons. The molecule has 1 aromatic carbocycles. The molecule has 0 saturated carbocycles. The Morgan fingerprint density at radius 1 is 1.43 bits per heavy atom. The number of nitrogens with one attached hydrogen (secondary N) is 1. The molecule has 23 heavy (non-hydrogen) atoms. The SMILES string of the molecule is CC(C)N1CCC2(CC(C(=O)NCc3ccc(F)cc3)=NO2)C1. The Hall–Kier alpha value is -1.95. The van der Waals surface area contributed by atoms with Crippen LogP contribution in [0.4, 0.5) is 4.39 Å². The van der Waals surface area contributed by atoms with Gasteiger partial charge in [-0.15, -0.1) is 0 Å². The van der Waals surface area contributed by atoms with Crippen LogP contribution in [-0.4, -0.2) is 41.3 Å². The molecule has 5 nitrogen and oxygen atoms in total. The van der Waals surface area contributed by atoms with E-state index >= 15 is 0 Å². The van der Waals surface area contributed by atoms with Gasteiger partial charge in [0.2, 0.25) is 0 Å². The summed E-state index contributed by atoms with van der Waals surface area (Å²) >= 11 is 0. The van der Waals surface area contributed by atoms with Crippen LogP contribution in [0.3, 0.4) is 0 Å². The van der Waals surface area contributed by atoms with Crippen LogP contribution < -0.4 is 5.32 Å². The first kappa shape index (κ1) is 15.9. The number of carbonyl (C=O) groups is 1. The number of hydrogen-bond donors (Lipinski definition) is 1. The Morgan fingerprint density at radius 3 is 2.83 bits per heavy atom. The second-order valence-corrected chi connectivity index (χ2v) is 6.61. The minimum Gasteiger partial charge on any atom is -0.387 e. The highest BCUT2D eigenvalue weighted by molar-refractivity contribution is 6.39. The number of likely N-dealkylation sites (tertiary alicyclic amines) is 1. The number of amides is 1. The van der Waals surface area contributed by atoms with Gasteiger partial charge in [-0.3, -0.25) is 9.69 Å². The molecule has 6 heteroatoms. The Bertz CT molecular complexity index is 615. The molecule has 0 aromatic heterocycles. The van der Waals surface area contributed by atoms with Crippen molar-refractivity contribution >= 4 is 11.6 Å². The van der Waals surface area contributed by atoms with E-state index in [9.17, 15) is 9.18 Å². The van der Waals surface area contributed by atoms with Gasteiger partial charge in [-0.05, 0) is 31.5 Å². The van der Waals surface area contributed by atoms with Crippen LogP contribution in [-0.2, 0) is 16.2 Å². The maximum absolute atomic E-state index is 12.9. The highest BCUT2D eigenvalue weighted by atomic mass is 19.1. The lowest BCUT2D eigenvalue weighted by molar-refractivity contribution is -0.115. The lowest BCUT2D eigenvalue weighted by Gasteiger charge is -2.23. The van der Waals surface area contributed by atoms with Gasteiger partial charge in [0.05, 0.1) is 0 Å². The zero-order valence-electron chi connectivity index (χ0n) is 13.5. The van der Waals surface area contributed by atoms with E-state index in [0.29, 0.717) is 24.7 Å². The summed E-state index contributed by atoms with van der Waals surface area (Å²) in [6.07, 6.45) is 1.44. The average Bonchev–Trinajstić information content (AvgIpc) is 3.14. The number of benzene rings is 1. The van der Waals surface area contributed by atoms with Crippen LogP contribution in [0.1, 0.15) is 32.3 Å². The zero-order valence-corrected chi connectivity index (χ0v) is 13.5. The van der Waals surface area contributed by atoms with Gasteiger partial charge in [0.25, 0.3) is 5.91 Å². The van der Waals surface area contributed by atoms with E-state index in [1.165, 1.54) is 12.1 Å². The summed E-state index contributed by atoms with van der Waals surface area (Å²) in [5, 5.41) is 6.82. The third kappa shape index (κ3) is 3.52. The van der Waals surface area contributed by atoms with Gasteiger partial charge in [-0.25, -0.2) is 4.39 Å². The minimum atomic E-state index is -0.340. The molecule has 1 saturated heterocycles. The summed E-state index contributed by atoms with van der Waals surface area (Å²) in [6.45, 7) is 6.44. The molecule has 1 aromatic rings. The van der Waals surface area contributed by atoms with E-state index in [0.717, 1.165) is 25.1 Å². The second kappa shape index (κ2) is 6.28. The summed E-state index contributed by atoms with van der Waals surface area (Å²) < 4.78 is 12.9. The van der Waals surface area contributed by atoms with Crippen molar-refractivity contribution in [3.63, 3.8) is 0 Å². The van der Waals surface area contributed by atoms with Gasteiger partial charge in [-0.1, -0.05) is 17.3 Å². The summed E-state index contributed by atoms with van der Waals surface area (Å²) in [5.74, 6) is -0.499. The quantitative estimate of drug-likeness (QED) is 0.924. The fourth-order valence-electron chi connectivity index (χ4n) is 3.07. The predicted molar refractivity (Wildman–Crippen MR) is 85.4 cm³/mol. The molecule has 1 unspecified atom stereocenters. The molecule has 1 amide bonds. The number of nitrogens with zero attached hydrogens (tertiary/aromatic N) is 2. The first-order chi connectivity index (χ1) is 11.0. The fourth-order valence-corrected chi connectivity index (χ4v) is 3.07. The Morgan fingerprint density at radius 2 is 2.17 bits per heavy atom. The molecule has 1 atom stereocenters. The number of halogens is 1. The van der Waals surface area contributed by atoms with Crippen molar-refractivity contribution in [2.75, 3.05) is 13.1 Å². The van der Waals surface area contributed by atoms with E-state index < -0.39 is 0 Å². The van der Waals surface area contributed by atoms with Gasteiger partial charge in [-0.2, -0.15) is 0 Å². The van der Waals surface area contributed by atoms with E-state index in [1.54, 1.807) is 12.1 Å². The van der Waals surface area contributed by atoms with Gasteiger partial charge in [0.1, 0.15) is 11.5 Å². The maximum atomic E-state index is 12.9. The van der Waals surface area contributed by atoms with E-state index in [4.69, 9.17) is 4.84 Å². The third-order valence-corrected chi connectivity index (χ3v) is 4.54. The molecule has 2 aliphatic rings. The summed E-state index contributed by atoms with van der Waals surface area (Å²) in [6, 6.07) is 6.54. The highest BCUT2D eigenvalue weighted by Gasteiger charge is 2.46. The first-order valence-corrected chi connectivity index (χ1v) is 7.99. The molecule has 2 heterocycles. The second-order valence-electron chi connectivity index (χ2n) is 6.61. The van der Waals surface area contributed by atoms with Gasteiger partial charge >= 0.3 is 0 Å². The summed E-state index contributed by atoms with van der Waals surface area (Å²) in [5.41, 5.74) is 0.950. The van der Waals surface area contributed by atoms with E-state index in [2.05, 4.69) is 29.2 Å². The normalized spacial score (nSPS) is 24.1. The van der Waals surface area contributed by atoms with Crippen molar-refractivity contribution in [3.05, 3.63) is 35.6 Å². The van der Waals surface area contributed by atoms with Crippen LogP contribution in [0.2, 0.25) is 0 Å². The third-order valence-electron chi connectivity index (χ3n) is 4.54. The smallest absolute Gasteiger partial charge is 0.269 e. The molecule has 1 N–H and O–H groups in total. The number of oxime groups is 1. The first-order valence-electron chi connectivity index (χ1n) is 7.99. The molecule has 124 valence electrons. The van der Waals surface area contributed by atoms with Gasteiger partial charge < -0.3 is 10.2 Å². The molecule has 3 rings (SSSR count). The lowest BCUT2D eigenvalue weighted by atomic mass is 9.96. The number of carbonyl (C=O) groups excluding carboxylic acids is 1. The van der Waals surface area contributed by atoms with Crippen molar-refractivity contribution in [3.8, 4) is 0 Å². The van der Waals surface area contributed by atoms with Gasteiger partial charge in [0.15, 0.2) is 5.60 Å². The highest BCUT2D eigenvalue weighted by Crippen LogP contribution is 2.34. The molecule has 2 aliphatic heterocycles. The van der Waals surface area contributed by atoms with Crippen molar-refractivity contribution in [1.82, 2.24) is 10.2 Å². The minimum absolute atomic E-state index is 0.214. The lowest BCUT2D eigenvalue weighted by Crippen LogP contribution is -2.38. The molecule has 0 bridgehead atoms. The summed E-state index contributed by atoms with van der Waals surface area (Å²) in [4.78, 5) is 20.2. The predicted octanol–water partition coefficient (Wildman–Crippen LogP) is 2.07. The average molecular weight is 319 g/mol. The van der Waals surface area contributed by atoms with Crippen LogP contribution in [0, 0.1) is 5.82 Å². The van der Waals surface area contributed by atoms with Crippen molar-refractivity contribution in [1.29, 1.82) is 0 Å². The monoisotopic (exact) mass is 319 g/mol.